The summed E-state index contributed by atoms with van der Waals surface area (Å²) in [5.74, 6) is 0.700. The Balaban J connectivity index is 2.59. The van der Waals surface area contributed by atoms with Gasteiger partial charge in [-0.25, -0.2) is 0 Å². The highest BCUT2D eigenvalue weighted by Crippen LogP contribution is 2.24. The number of nitrogens with zero attached hydrogens (tertiary/aromatic N) is 1. The number of quaternary nitrogens is 1. The van der Waals surface area contributed by atoms with Gasteiger partial charge in [-0.15, -0.1) is 0 Å². The second-order valence-corrected chi connectivity index (χ2v) is 4.83. The zero-order valence-electron chi connectivity index (χ0n) is 9.74. The van der Waals surface area contributed by atoms with Crippen molar-refractivity contribution in [3.63, 3.8) is 0 Å². The van der Waals surface area contributed by atoms with Crippen LogP contribution < -0.4 is 10.2 Å². The van der Waals surface area contributed by atoms with Crippen LogP contribution in [0.25, 0.3) is 10.9 Å². The zero-order chi connectivity index (χ0) is 11.9. The number of nitrogens with two attached hydrogens (primary N) is 1. The standard InChI is InChI=1S/C12H15N3O/c1-15(2,3)11-7-9-6-8(12(13)16)4-5-10(9)14-11/h4-7H,1-3H3,(H2-,13,14,16)/p+1. The third-order valence-electron chi connectivity index (χ3n) is 2.61. The molecule has 0 atom stereocenters. The lowest BCUT2D eigenvalue weighted by molar-refractivity contribution is 0.100. The first-order valence-electron chi connectivity index (χ1n) is 5.12. The first-order chi connectivity index (χ1) is 7.38. The summed E-state index contributed by atoms with van der Waals surface area (Å²) in [4.78, 5) is 14.4. The predicted octanol–water partition coefficient (Wildman–Crippen LogP) is 1.46. The summed E-state index contributed by atoms with van der Waals surface area (Å²) >= 11 is 0. The fraction of sp³-hybridized carbons (Fsp3) is 0.250. The van der Waals surface area contributed by atoms with Crippen molar-refractivity contribution in [1.29, 1.82) is 0 Å². The van der Waals surface area contributed by atoms with E-state index in [4.69, 9.17) is 5.73 Å². The van der Waals surface area contributed by atoms with Gasteiger partial charge in [0.25, 0.3) is 0 Å². The third kappa shape index (κ3) is 1.79. The van der Waals surface area contributed by atoms with Crippen LogP contribution in [0.5, 0.6) is 0 Å². The highest BCUT2D eigenvalue weighted by atomic mass is 16.1. The minimum absolute atomic E-state index is 0.394. The molecule has 2 rings (SSSR count). The Morgan fingerprint density at radius 1 is 1.25 bits per heavy atom. The van der Waals surface area contributed by atoms with E-state index in [0.717, 1.165) is 16.7 Å². The number of carbonyl (C=O) groups excluding carboxylic acids is 1. The first-order valence-corrected chi connectivity index (χ1v) is 5.12. The SMILES string of the molecule is C[N+](C)(C)c1cc2cc(C(N)=O)ccc2[nH]1. The summed E-state index contributed by atoms with van der Waals surface area (Å²) in [5.41, 5.74) is 6.81. The van der Waals surface area contributed by atoms with Crippen molar-refractivity contribution in [2.45, 2.75) is 0 Å². The molecule has 16 heavy (non-hydrogen) atoms. The van der Waals surface area contributed by atoms with Crippen molar-refractivity contribution in [3.05, 3.63) is 29.8 Å². The van der Waals surface area contributed by atoms with Gasteiger partial charge in [-0.3, -0.25) is 9.28 Å². The van der Waals surface area contributed by atoms with E-state index in [1.807, 2.05) is 18.2 Å². The molecule has 0 fully saturated rings. The number of H-pyrrole nitrogens is 1. The minimum Gasteiger partial charge on any atom is -0.366 e. The van der Waals surface area contributed by atoms with Gasteiger partial charge in [0, 0.05) is 17.0 Å². The van der Waals surface area contributed by atoms with Gasteiger partial charge < -0.3 is 10.7 Å². The Hall–Kier alpha value is -1.81. The Morgan fingerprint density at radius 3 is 2.50 bits per heavy atom. The topological polar surface area (TPSA) is 58.9 Å². The quantitative estimate of drug-likeness (QED) is 0.737. The molecule has 1 amide bonds. The van der Waals surface area contributed by atoms with Gasteiger partial charge in [0.05, 0.1) is 26.7 Å². The van der Waals surface area contributed by atoms with Crippen molar-refractivity contribution in [2.24, 2.45) is 5.73 Å². The van der Waals surface area contributed by atoms with Gasteiger partial charge in [-0.1, -0.05) is 0 Å². The maximum absolute atomic E-state index is 11.1. The number of aromatic nitrogens is 1. The number of carbonyl (C=O) groups is 1. The normalized spacial score (nSPS) is 11.9. The lowest BCUT2D eigenvalue weighted by Crippen LogP contribution is -2.34. The summed E-state index contributed by atoms with van der Waals surface area (Å²) in [7, 11) is 6.25. The van der Waals surface area contributed by atoms with Gasteiger partial charge in [0.15, 0.2) is 0 Å². The molecule has 0 radical (unpaired) electrons. The first kappa shape index (κ1) is 10.7. The lowest BCUT2D eigenvalue weighted by Gasteiger charge is -2.20. The van der Waals surface area contributed by atoms with E-state index in [1.165, 1.54) is 0 Å². The van der Waals surface area contributed by atoms with Crippen LogP contribution in [-0.2, 0) is 0 Å². The molecule has 1 heterocycles. The minimum atomic E-state index is -0.394. The van der Waals surface area contributed by atoms with E-state index in [2.05, 4.69) is 26.1 Å². The highest BCUT2D eigenvalue weighted by Gasteiger charge is 2.15. The van der Waals surface area contributed by atoms with Gasteiger partial charge in [0.2, 0.25) is 11.7 Å². The van der Waals surface area contributed by atoms with Gasteiger partial charge in [-0.2, -0.15) is 0 Å². The zero-order valence-corrected chi connectivity index (χ0v) is 9.74. The number of aromatic amines is 1. The Morgan fingerprint density at radius 2 is 1.94 bits per heavy atom. The van der Waals surface area contributed by atoms with Crippen molar-refractivity contribution >= 4 is 22.6 Å². The average molecular weight is 218 g/mol. The molecule has 0 saturated carbocycles. The molecule has 0 aliphatic carbocycles. The third-order valence-corrected chi connectivity index (χ3v) is 2.61. The molecule has 0 bridgehead atoms. The van der Waals surface area contributed by atoms with Gasteiger partial charge in [-0.05, 0) is 18.2 Å². The molecule has 0 spiro atoms. The summed E-state index contributed by atoms with van der Waals surface area (Å²) in [5, 5.41) is 1.01. The van der Waals surface area contributed by atoms with Crippen LogP contribution in [0, 0.1) is 0 Å². The fourth-order valence-electron chi connectivity index (χ4n) is 1.63. The van der Waals surface area contributed by atoms with E-state index >= 15 is 0 Å². The maximum Gasteiger partial charge on any atom is 0.248 e. The Bertz CT molecular complexity index is 549. The smallest absolute Gasteiger partial charge is 0.248 e. The van der Waals surface area contributed by atoms with Crippen molar-refractivity contribution < 1.29 is 4.79 Å². The summed E-state index contributed by atoms with van der Waals surface area (Å²) in [6.45, 7) is 0. The molecular weight excluding hydrogens is 202 g/mol. The van der Waals surface area contributed by atoms with Crippen molar-refractivity contribution in [1.82, 2.24) is 9.47 Å². The summed E-state index contributed by atoms with van der Waals surface area (Å²) in [6.07, 6.45) is 0. The molecule has 1 aromatic heterocycles. The van der Waals surface area contributed by atoms with Crippen LogP contribution in [0.1, 0.15) is 10.4 Å². The number of fused-ring (bicyclic) bond motifs is 1. The number of primary amides is 1. The van der Waals surface area contributed by atoms with Gasteiger partial charge >= 0.3 is 0 Å². The van der Waals surface area contributed by atoms with E-state index in [1.54, 1.807) is 6.07 Å². The fourth-order valence-corrected chi connectivity index (χ4v) is 1.63. The number of amides is 1. The van der Waals surface area contributed by atoms with E-state index in [0.29, 0.717) is 10.0 Å². The Labute approximate surface area is 94.3 Å². The van der Waals surface area contributed by atoms with E-state index in [9.17, 15) is 4.79 Å². The highest BCUT2D eigenvalue weighted by molar-refractivity contribution is 5.97. The molecule has 0 aliphatic rings. The van der Waals surface area contributed by atoms with Crippen molar-refractivity contribution in [2.75, 3.05) is 21.1 Å². The number of hydrogen-bond donors (Lipinski definition) is 2. The number of benzene rings is 1. The molecule has 84 valence electrons. The number of nitrogens with one attached hydrogen (secondary N) is 1. The molecule has 3 N–H and O–H groups in total. The maximum atomic E-state index is 11.1. The van der Waals surface area contributed by atoms with E-state index in [-0.39, 0.29) is 0 Å². The number of rotatable bonds is 2. The molecule has 4 heteroatoms. The van der Waals surface area contributed by atoms with Crippen LogP contribution in [-0.4, -0.2) is 32.0 Å². The molecule has 1 aromatic carbocycles. The predicted molar refractivity (Wildman–Crippen MR) is 66.4 cm³/mol. The number of hydrogen-bond acceptors (Lipinski definition) is 1. The van der Waals surface area contributed by atoms with Gasteiger partial charge in [0.1, 0.15) is 0 Å². The Kier molecular flexibility index (Phi) is 2.24. The van der Waals surface area contributed by atoms with Crippen LogP contribution in [0.15, 0.2) is 24.3 Å². The average Bonchev–Trinajstić information content (AvgIpc) is 2.58. The molecule has 0 unspecified atom stereocenters. The van der Waals surface area contributed by atoms with Crippen LogP contribution in [0.2, 0.25) is 0 Å². The van der Waals surface area contributed by atoms with Crippen LogP contribution >= 0.6 is 0 Å². The van der Waals surface area contributed by atoms with Crippen LogP contribution in [0.4, 0.5) is 5.82 Å². The van der Waals surface area contributed by atoms with E-state index < -0.39 is 5.91 Å². The molecule has 4 nitrogen and oxygen atoms in total. The molecule has 0 saturated heterocycles. The van der Waals surface area contributed by atoms with Crippen LogP contribution in [0.3, 0.4) is 0 Å². The van der Waals surface area contributed by atoms with Crippen molar-refractivity contribution in [3.8, 4) is 0 Å². The molecular formula is C12H16N3O+. The second-order valence-electron chi connectivity index (χ2n) is 4.83. The molecule has 2 aromatic rings. The largest absolute Gasteiger partial charge is 0.366 e. The second kappa shape index (κ2) is 3.35. The summed E-state index contributed by atoms with van der Waals surface area (Å²) in [6, 6.07) is 7.48. The monoisotopic (exact) mass is 218 g/mol. The molecule has 0 aliphatic heterocycles. The summed E-state index contributed by atoms with van der Waals surface area (Å²) < 4.78 is 0.709. The lowest BCUT2D eigenvalue weighted by atomic mass is 10.1.